The van der Waals surface area contributed by atoms with Crippen LogP contribution in [0.5, 0.6) is 0 Å². The van der Waals surface area contributed by atoms with Crippen LogP contribution in [-0.2, 0) is 16.1 Å². The molecular formula is C16H23NO4. The zero-order valence-corrected chi connectivity index (χ0v) is 12.5. The fourth-order valence-corrected chi connectivity index (χ4v) is 3.26. The Hall–Kier alpha value is -1.78. The van der Waals surface area contributed by atoms with E-state index < -0.39 is 5.97 Å². The molecule has 116 valence electrons. The van der Waals surface area contributed by atoms with Crippen molar-refractivity contribution in [2.75, 3.05) is 6.54 Å². The summed E-state index contributed by atoms with van der Waals surface area (Å²) in [5, 5.41) is 9.12. The van der Waals surface area contributed by atoms with E-state index in [9.17, 15) is 9.59 Å². The summed E-state index contributed by atoms with van der Waals surface area (Å²) >= 11 is 0. The van der Waals surface area contributed by atoms with Crippen molar-refractivity contribution in [1.82, 2.24) is 4.90 Å². The van der Waals surface area contributed by atoms with Crippen LogP contribution in [0.1, 0.15) is 51.2 Å². The lowest BCUT2D eigenvalue weighted by atomic mass is 9.79. The number of amides is 1. The topological polar surface area (TPSA) is 70.8 Å². The first-order valence-electron chi connectivity index (χ1n) is 7.57. The van der Waals surface area contributed by atoms with Crippen LogP contribution in [0.4, 0.5) is 0 Å². The third kappa shape index (κ3) is 4.09. The highest BCUT2D eigenvalue weighted by atomic mass is 16.4. The third-order valence-electron chi connectivity index (χ3n) is 4.38. The molecule has 1 fully saturated rings. The van der Waals surface area contributed by atoms with Crippen LogP contribution in [-0.4, -0.2) is 28.4 Å². The molecule has 0 saturated heterocycles. The second-order valence-electron chi connectivity index (χ2n) is 5.94. The minimum Gasteiger partial charge on any atom is -0.481 e. The van der Waals surface area contributed by atoms with Gasteiger partial charge in [0.2, 0.25) is 5.91 Å². The second-order valence-corrected chi connectivity index (χ2v) is 5.94. The molecule has 1 saturated carbocycles. The van der Waals surface area contributed by atoms with Crippen molar-refractivity contribution < 1.29 is 19.1 Å². The molecule has 5 nitrogen and oxygen atoms in total. The van der Waals surface area contributed by atoms with E-state index in [1.807, 2.05) is 13.0 Å². The van der Waals surface area contributed by atoms with Gasteiger partial charge in [-0.2, -0.15) is 0 Å². The summed E-state index contributed by atoms with van der Waals surface area (Å²) in [6, 6.07) is 3.65. The van der Waals surface area contributed by atoms with Gasteiger partial charge >= 0.3 is 5.97 Å². The fourth-order valence-electron chi connectivity index (χ4n) is 3.26. The largest absolute Gasteiger partial charge is 0.481 e. The van der Waals surface area contributed by atoms with Gasteiger partial charge in [0.1, 0.15) is 5.76 Å². The number of carboxylic acid groups (broad SMARTS) is 1. The van der Waals surface area contributed by atoms with Gasteiger partial charge in [-0.15, -0.1) is 0 Å². The third-order valence-corrected chi connectivity index (χ3v) is 4.38. The van der Waals surface area contributed by atoms with Gasteiger partial charge in [-0.05, 0) is 37.3 Å². The normalized spacial score (nSPS) is 16.8. The minimum absolute atomic E-state index is 0.0250. The van der Waals surface area contributed by atoms with Crippen LogP contribution in [0.2, 0.25) is 0 Å². The molecule has 1 heterocycles. The van der Waals surface area contributed by atoms with E-state index in [4.69, 9.17) is 9.52 Å². The Morgan fingerprint density at radius 2 is 2.05 bits per heavy atom. The highest BCUT2D eigenvalue weighted by Gasteiger charge is 2.38. The van der Waals surface area contributed by atoms with Crippen LogP contribution < -0.4 is 0 Å². The van der Waals surface area contributed by atoms with Gasteiger partial charge in [0.25, 0.3) is 0 Å². The molecule has 2 rings (SSSR count). The molecule has 0 aromatic carbocycles. The van der Waals surface area contributed by atoms with Crippen molar-refractivity contribution in [3.05, 3.63) is 24.2 Å². The molecule has 1 aromatic rings. The van der Waals surface area contributed by atoms with Crippen molar-refractivity contribution in [3.8, 4) is 0 Å². The highest BCUT2D eigenvalue weighted by molar-refractivity contribution is 5.78. The number of hydrogen-bond acceptors (Lipinski definition) is 3. The Labute approximate surface area is 124 Å². The number of carboxylic acids is 1. The Morgan fingerprint density at radius 3 is 2.57 bits per heavy atom. The van der Waals surface area contributed by atoms with Gasteiger partial charge in [-0.3, -0.25) is 9.59 Å². The van der Waals surface area contributed by atoms with E-state index in [1.54, 1.807) is 17.2 Å². The molecule has 0 atom stereocenters. The van der Waals surface area contributed by atoms with E-state index in [0.29, 0.717) is 19.5 Å². The van der Waals surface area contributed by atoms with Gasteiger partial charge < -0.3 is 14.4 Å². The lowest BCUT2D eigenvalue weighted by Gasteiger charge is -2.29. The van der Waals surface area contributed by atoms with Gasteiger partial charge in [0, 0.05) is 13.0 Å². The van der Waals surface area contributed by atoms with Crippen LogP contribution in [0.25, 0.3) is 0 Å². The summed E-state index contributed by atoms with van der Waals surface area (Å²) in [5.41, 5.74) is -0.348. The summed E-state index contributed by atoms with van der Waals surface area (Å²) in [4.78, 5) is 25.4. The first kappa shape index (κ1) is 15.6. The number of furan rings is 1. The Bertz CT molecular complexity index is 474. The van der Waals surface area contributed by atoms with E-state index in [-0.39, 0.29) is 17.7 Å². The van der Waals surface area contributed by atoms with E-state index >= 15 is 0 Å². The van der Waals surface area contributed by atoms with E-state index in [1.165, 1.54) is 0 Å². The fraction of sp³-hybridized carbons (Fsp3) is 0.625. The Balaban J connectivity index is 2.01. The standard InChI is InChI=1S/C16H23NO4/c1-2-17(12-13-6-5-9-21-13)14(18)10-16(11-15(19)20)7-3-4-8-16/h5-6,9H,2-4,7-8,10-12H2,1H3,(H,19,20). The van der Waals surface area contributed by atoms with Gasteiger partial charge in [-0.25, -0.2) is 0 Å². The van der Waals surface area contributed by atoms with Crippen LogP contribution >= 0.6 is 0 Å². The molecule has 1 aromatic heterocycles. The molecule has 0 aliphatic heterocycles. The second kappa shape index (κ2) is 6.78. The lowest BCUT2D eigenvalue weighted by Crippen LogP contribution is -2.35. The molecule has 21 heavy (non-hydrogen) atoms. The summed E-state index contributed by atoms with van der Waals surface area (Å²) in [6.07, 6.45) is 5.73. The maximum absolute atomic E-state index is 12.5. The molecule has 1 aliphatic carbocycles. The number of hydrogen-bond donors (Lipinski definition) is 1. The first-order valence-corrected chi connectivity index (χ1v) is 7.57. The maximum Gasteiger partial charge on any atom is 0.303 e. The molecule has 0 unspecified atom stereocenters. The molecule has 0 spiro atoms. The molecule has 5 heteroatoms. The number of aliphatic carboxylic acids is 1. The predicted molar refractivity (Wildman–Crippen MR) is 77.6 cm³/mol. The smallest absolute Gasteiger partial charge is 0.303 e. The van der Waals surface area contributed by atoms with E-state index in [2.05, 4.69) is 0 Å². The summed E-state index contributed by atoms with van der Waals surface area (Å²) in [5.74, 6) is -0.0280. The van der Waals surface area contributed by atoms with Crippen molar-refractivity contribution in [2.45, 2.75) is 52.0 Å². The molecule has 1 aliphatic rings. The number of carbonyl (C=O) groups is 2. The predicted octanol–water partition coefficient (Wildman–Crippen LogP) is 3.05. The summed E-state index contributed by atoms with van der Waals surface area (Å²) in [6.45, 7) is 2.98. The molecule has 0 bridgehead atoms. The zero-order valence-electron chi connectivity index (χ0n) is 12.5. The Morgan fingerprint density at radius 1 is 1.33 bits per heavy atom. The van der Waals surface area contributed by atoms with Crippen LogP contribution in [0, 0.1) is 5.41 Å². The van der Waals surface area contributed by atoms with Gasteiger partial charge in [-0.1, -0.05) is 12.8 Å². The first-order chi connectivity index (χ1) is 10.0. The van der Waals surface area contributed by atoms with Crippen LogP contribution in [0.3, 0.4) is 0 Å². The molecular weight excluding hydrogens is 270 g/mol. The number of rotatable bonds is 7. The van der Waals surface area contributed by atoms with Crippen LogP contribution in [0.15, 0.2) is 22.8 Å². The molecule has 1 N–H and O–H groups in total. The zero-order chi connectivity index (χ0) is 15.3. The maximum atomic E-state index is 12.5. The van der Waals surface area contributed by atoms with Gasteiger partial charge in [0.05, 0.1) is 19.2 Å². The van der Waals surface area contributed by atoms with Crippen molar-refractivity contribution >= 4 is 11.9 Å². The highest BCUT2D eigenvalue weighted by Crippen LogP contribution is 2.44. The number of carbonyl (C=O) groups excluding carboxylic acids is 1. The van der Waals surface area contributed by atoms with Crippen molar-refractivity contribution in [3.63, 3.8) is 0 Å². The van der Waals surface area contributed by atoms with Gasteiger partial charge in [0.15, 0.2) is 0 Å². The van der Waals surface area contributed by atoms with E-state index in [0.717, 1.165) is 31.4 Å². The average Bonchev–Trinajstić information content (AvgIpc) is 3.07. The quantitative estimate of drug-likeness (QED) is 0.838. The average molecular weight is 293 g/mol. The lowest BCUT2D eigenvalue weighted by molar-refractivity contribution is -0.141. The summed E-state index contributed by atoms with van der Waals surface area (Å²) in [7, 11) is 0. The SMILES string of the molecule is CCN(Cc1ccco1)C(=O)CC1(CC(=O)O)CCCC1. The molecule has 0 radical (unpaired) electrons. The van der Waals surface area contributed by atoms with Crippen molar-refractivity contribution in [2.24, 2.45) is 5.41 Å². The summed E-state index contributed by atoms with van der Waals surface area (Å²) < 4.78 is 5.29. The minimum atomic E-state index is -0.807. The molecule has 1 amide bonds. The monoisotopic (exact) mass is 293 g/mol. The Kier molecular flexibility index (Phi) is 5.04. The van der Waals surface area contributed by atoms with Crippen molar-refractivity contribution in [1.29, 1.82) is 0 Å². The number of nitrogens with zero attached hydrogens (tertiary/aromatic N) is 1.